The largest absolute Gasteiger partial charge is 0.394 e. The highest BCUT2D eigenvalue weighted by molar-refractivity contribution is 7.13. The molecule has 1 aromatic rings. The molecule has 0 fully saturated rings. The Labute approximate surface area is 88.8 Å². The van der Waals surface area contributed by atoms with E-state index in [1.54, 1.807) is 11.3 Å². The summed E-state index contributed by atoms with van der Waals surface area (Å²) in [6.07, 6.45) is 4.12. The molecule has 0 unspecified atom stereocenters. The maximum absolute atomic E-state index is 8.57. The fourth-order valence-corrected chi connectivity index (χ4v) is 2.19. The van der Waals surface area contributed by atoms with E-state index in [1.165, 1.54) is 15.3 Å². The van der Waals surface area contributed by atoms with Crippen molar-refractivity contribution in [2.45, 2.75) is 20.5 Å². The van der Waals surface area contributed by atoms with Crippen LogP contribution in [0.15, 0.2) is 12.1 Å². The molecule has 0 aliphatic heterocycles. The van der Waals surface area contributed by atoms with Crippen LogP contribution < -0.4 is 0 Å². The smallest absolute Gasteiger partial charge is 0.0728 e. The summed E-state index contributed by atoms with van der Waals surface area (Å²) in [5.41, 5.74) is 1.22. The van der Waals surface area contributed by atoms with Gasteiger partial charge in [0.05, 0.1) is 19.8 Å². The SMILES string of the molecule is C/C=C/c1cc(COCCO)c(C)s1. The Morgan fingerprint density at radius 3 is 3.00 bits per heavy atom. The monoisotopic (exact) mass is 212 g/mol. The average molecular weight is 212 g/mol. The van der Waals surface area contributed by atoms with Crippen LogP contribution in [0, 0.1) is 6.92 Å². The van der Waals surface area contributed by atoms with Gasteiger partial charge in [0.2, 0.25) is 0 Å². The minimum absolute atomic E-state index is 0.0882. The molecule has 0 atom stereocenters. The van der Waals surface area contributed by atoms with E-state index in [0.717, 1.165) is 0 Å². The summed E-state index contributed by atoms with van der Waals surface area (Å²) < 4.78 is 5.27. The van der Waals surface area contributed by atoms with E-state index in [9.17, 15) is 0 Å². The quantitative estimate of drug-likeness (QED) is 0.760. The number of allylic oxidation sites excluding steroid dienone is 1. The fourth-order valence-electron chi connectivity index (χ4n) is 1.18. The molecule has 3 heteroatoms. The second kappa shape index (κ2) is 5.96. The zero-order valence-electron chi connectivity index (χ0n) is 8.62. The molecule has 1 heterocycles. The standard InChI is InChI=1S/C11H16O2S/c1-3-4-11-7-10(9(2)14-11)8-13-6-5-12/h3-4,7,12H,5-6,8H2,1-2H3/b4-3+. The van der Waals surface area contributed by atoms with E-state index in [4.69, 9.17) is 9.84 Å². The minimum atomic E-state index is 0.0882. The molecule has 1 N–H and O–H groups in total. The van der Waals surface area contributed by atoms with Crippen molar-refractivity contribution in [1.82, 2.24) is 0 Å². The third kappa shape index (κ3) is 3.25. The number of aryl methyl sites for hydroxylation is 1. The van der Waals surface area contributed by atoms with Crippen molar-refractivity contribution in [1.29, 1.82) is 0 Å². The molecule has 0 radical (unpaired) electrons. The van der Waals surface area contributed by atoms with Crippen LogP contribution in [0.1, 0.15) is 22.2 Å². The molecule has 0 aromatic carbocycles. The van der Waals surface area contributed by atoms with Gasteiger partial charge in [0.15, 0.2) is 0 Å². The number of hydrogen-bond acceptors (Lipinski definition) is 3. The Bertz CT molecular complexity index is 302. The van der Waals surface area contributed by atoms with E-state index >= 15 is 0 Å². The van der Waals surface area contributed by atoms with Gasteiger partial charge in [-0.2, -0.15) is 0 Å². The molecule has 0 amide bonds. The van der Waals surface area contributed by atoms with Gasteiger partial charge in [-0.3, -0.25) is 0 Å². The molecule has 1 aromatic heterocycles. The highest BCUT2D eigenvalue weighted by Gasteiger charge is 2.03. The summed E-state index contributed by atoms with van der Waals surface area (Å²) in [4.78, 5) is 2.55. The lowest BCUT2D eigenvalue weighted by molar-refractivity contribution is 0.0815. The van der Waals surface area contributed by atoms with Gasteiger partial charge in [-0.15, -0.1) is 11.3 Å². The zero-order valence-corrected chi connectivity index (χ0v) is 9.43. The van der Waals surface area contributed by atoms with Crippen LogP contribution in [0.2, 0.25) is 0 Å². The highest BCUT2D eigenvalue weighted by Crippen LogP contribution is 2.23. The van der Waals surface area contributed by atoms with Crippen LogP contribution in [-0.4, -0.2) is 18.3 Å². The minimum Gasteiger partial charge on any atom is -0.394 e. The summed E-state index contributed by atoms with van der Waals surface area (Å²) >= 11 is 1.77. The van der Waals surface area contributed by atoms with Gasteiger partial charge in [0.25, 0.3) is 0 Å². The van der Waals surface area contributed by atoms with Gasteiger partial charge in [0.1, 0.15) is 0 Å². The molecule has 2 nitrogen and oxygen atoms in total. The lowest BCUT2D eigenvalue weighted by Crippen LogP contribution is -1.98. The van der Waals surface area contributed by atoms with E-state index < -0.39 is 0 Å². The predicted molar refractivity (Wildman–Crippen MR) is 60.5 cm³/mol. The molecule has 78 valence electrons. The summed E-state index contributed by atoms with van der Waals surface area (Å²) in [7, 11) is 0. The molecule has 0 aliphatic carbocycles. The Hall–Kier alpha value is -0.640. The van der Waals surface area contributed by atoms with Gasteiger partial charge >= 0.3 is 0 Å². The van der Waals surface area contributed by atoms with E-state index in [2.05, 4.69) is 19.1 Å². The molecule has 0 aliphatic rings. The van der Waals surface area contributed by atoms with Crippen LogP contribution in [0.3, 0.4) is 0 Å². The van der Waals surface area contributed by atoms with Gasteiger partial charge < -0.3 is 9.84 Å². The number of hydrogen-bond donors (Lipinski definition) is 1. The third-order valence-electron chi connectivity index (χ3n) is 1.86. The maximum atomic E-state index is 8.57. The van der Waals surface area contributed by atoms with Gasteiger partial charge in [0, 0.05) is 9.75 Å². The number of ether oxygens (including phenoxy) is 1. The van der Waals surface area contributed by atoms with E-state index in [-0.39, 0.29) is 6.61 Å². The van der Waals surface area contributed by atoms with Crippen LogP contribution >= 0.6 is 11.3 Å². The van der Waals surface area contributed by atoms with Gasteiger partial charge in [-0.25, -0.2) is 0 Å². The summed E-state index contributed by atoms with van der Waals surface area (Å²) in [6, 6.07) is 2.14. The highest BCUT2D eigenvalue weighted by atomic mass is 32.1. The number of thiophene rings is 1. The summed E-state index contributed by atoms with van der Waals surface area (Å²) in [6.45, 7) is 5.20. The summed E-state index contributed by atoms with van der Waals surface area (Å²) in [5.74, 6) is 0. The van der Waals surface area contributed by atoms with E-state index in [0.29, 0.717) is 13.2 Å². The molecule has 1 rings (SSSR count). The Morgan fingerprint density at radius 1 is 1.57 bits per heavy atom. The topological polar surface area (TPSA) is 29.5 Å². The number of aliphatic hydroxyl groups is 1. The molecular weight excluding hydrogens is 196 g/mol. The Kier molecular flexibility index (Phi) is 4.87. The average Bonchev–Trinajstić information content (AvgIpc) is 2.48. The normalized spacial score (nSPS) is 11.4. The van der Waals surface area contributed by atoms with Crippen molar-refractivity contribution in [3.05, 3.63) is 27.5 Å². The van der Waals surface area contributed by atoms with Crippen molar-refractivity contribution in [3.63, 3.8) is 0 Å². The number of aliphatic hydroxyl groups excluding tert-OH is 1. The molecule has 0 spiro atoms. The molecular formula is C11H16O2S. The first kappa shape index (κ1) is 11.4. The second-order valence-electron chi connectivity index (χ2n) is 3.01. The first-order valence-electron chi connectivity index (χ1n) is 4.68. The van der Waals surface area contributed by atoms with Gasteiger partial charge in [-0.05, 0) is 31.6 Å². The lowest BCUT2D eigenvalue weighted by atomic mass is 10.2. The van der Waals surface area contributed by atoms with Crippen LogP contribution in [0.4, 0.5) is 0 Å². The van der Waals surface area contributed by atoms with Crippen LogP contribution in [-0.2, 0) is 11.3 Å². The van der Waals surface area contributed by atoms with Crippen molar-refractivity contribution in [3.8, 4) is 0 Å². The zero-order chi connectivity index (χ0) is 10.4. The van der Waals surface area contributed by atoms with Gasteiger partial charge in [-0.1, -0.05) is 6.08 Å². The third-order valence-corrected chi connectivity index (χ3v) is 2.92. The summed E-state index contributed by atoms with van der Waals surface area (Å²) in [5, 5.41) is 8.57. The molecule has 0 bridgehead atoms. The Morgan fingerprint density at radius 2 is 2.36 bits per heavy atom. The first-order chi connectivity index (χ1) is 6.77. The van der Waals surface area contributed by atoms with Crippen molar-refractivity contribution in [2.24, 2.45) is 0 Å². The maximum Gasteiger partial charge on any atom is 0.0728 e. The Balaban J connectivity index is 2.58. The van der Waals surface area contributed by atoms with Crippen molar-refractivity contribution < 1.29 is 9.84 Å². The second-order valence-corrected chi connectivity index (χ2v) is 4.29. The molecule has 14 heavy (non-hydrogen) atoms. The molecule has 0 saturated heterocycles. The van der Waals surface area contributed by atoms with E-state index in [1.807, 2.05) is 13.0 Å². The van der Waals surface area contributed by atoms with Crippen LogP contribution in [0.5, 0.6) is 0 Å². The van der Waals surface area contributed by atoms with Crippen LogP contribution in [0.25, 0.3) is 6.08 Å². The van der Waals surface area contributed by atoms with Crippen molar-refractivity contribution in [2.75, 3.05) is 13.2 Å². The van der Waals surface area contributed by atoms with Crippen molar-refractivity contribution >= 4 is 17.4 Å². The predicted octanol–water partition coefficient (Wildman–Crippen LogP) is 2.60. The molecule has 0 saturated carbocycles. The lowest BCUT2D eigenvalue weighted by Gasteiger charge is -2.00. The first-order valence-corrected chi connectivity index (χ1v) is 5.50. The number of rotatable bonds is 5. The fraction of sp³-hybridized carbons (Fsp3) is 0.455.